The predicted octanol–water partition coefficient (Wildman–Crippen LogP) is 8.84. The van der Waals surface area contributed by atoms with Crippen LogP contribution in [0.5, 0.6) is 0 Å². The van der Waals surface area contributed by atoms with E-state index >= 15 is 0 Å². The maximum absolute atomic E-state index is 2.89. The summed E-state index contributed by atoms with van der Waals surface area (Å²) in [6, 6.07) is 72.5. The van der Waals surface area contributed by atoms with E-state index in [1.54, 1.807) is 0 Å². The van der Waals surface area contributed by atoms with Crippen molar-refractivity contribution in [1.82, 2.24) is 0 Å². The predicted molar refractivity (Wildman–Crippen MR) is 148 cm³/mol. The molecule has 0 unspecified atom stereocenters. The molecule has 0 fully saturated rings. The molecule has 0 saturated heterocycles. The van der Waals surface area contributed by atoms with Gasteiger partial charge < -0.3 is 0 Å². The second-order valence-electron chi connectivity index (χ2n) is 6.35. The van der Waals surface area contributed by atoms with E-state index in [-0.39, 0.29) is 17.1 Å². The molecule has 1 heteroatoms. The van der Waals surface area contributed by atoms with Crippen molar-refractivity contribution in [2.75, 3.05) is 0 Å². The molecule has 178 valence electrons. The number of benzene rings is 5. The zero-order valence-electron chi connectivity index (χ0n) is 20.2. The summed E-state index contributed by atoms with van der Waals surface area (Å²) in [5, 5.41) is 0. The fourth-order valence-corrected chi connectivity index (χ4v) is 2.03. The zero-order chi connectivity index (χ0) is 24.7. The molecule has 36 heavy (non-hydrogen) atoms. The number of hydrogen-bond acceptors (Lipinski definition) is 0. The van der Waals surface area contributed by atoms with Gasteiger partial charge in [0.2, 0.25) is 0 Å². The van der Waals surface area contributed by atoms with E-state index in [2.05, 4.69) is 30.3 Å². The third kappa shape index (κ3) is 26.2. The molecule has 0 spiro atoms. The average molecular weight is 506 g/mol. The molecule has 0 bridgehead atoms. The Bertz CT molecular complexity index is 714. The minimum Gasteiger partial charge on any atom is -0.214 e. The molecule has 0 aliphatic rings. The molecule has 6 aromatic carbocycles. The second kappa shape index (κ2) is 29.0. The Hall–Kier alpha value is -4.03. The topological polar surface area (TPSA) is 0 Å². The van der Waals surface area contributed by atoms with Crippen molar-refractivity contribution >= 4 is 0 Å². The molecule has 0 heterocycles. The Morgan fingerprint density at radius 2 is 0.444 bits per heavy atom. The Morgan fingerprint density at radius 3 is 0.500 bits per heavy atom. The molecule has 0 aliphatic heterocycles. The third-order valence-corrected chi connectivity index (χ3v) is 3.59. The Morgan fingerprint density at radius 1 is 0.250 bits per heavy atom. The van der Waals surface area contributed by atoms with Gasteiger partial charge in [0.15, 0.2) is 0 Å². The Balaban J connectivity index is 0.000000406. The molecule has 0 radical (unpaired) electrons. The van der Waals surface area contributed by atoms with Crippen molar-refractivity contribution in [1.29, 1.82) is 0 Å². The van der Waals surface area contributed by atoms with E-state index in [9.17, 15) is 0 Å². The van der Waals surface area contributed by atoms with Crippen LogP contribution in [0.1, 0.15) is 0 Å². The van der Waals surface area contributed by atoms with Crippen molar-refractivity contribution in [2.45, 2.75) is 0 Å². The molecule has 0 nitrogen and oxygen atoms in total. The summed E-state index contributed by atoms with van der Waals surface area (Å²) in [6.45, 7) is 0. The number of rotatable bonds is 0. The first-order valence-electron chi connectivity index (χ1n) is 11.2. The SMILES string of the molecule is [Fe+6].[c-]1ccccc1.[c-]1ccccc1.[c-]1ccccc1.[c-]1ccccc1.[c-]1ccccc1.c1cc[cH-]c1. The van der Waals surface area contributed by atoms with Crippen LogP contribution in [0, 0.1) is 30.3 Å². The molecule has 6 rings (SSSR count). The van der Waals surface area contributed by atoms with Gasteiger partial charge in [0.1, 0.15) is 0 Å². The summed E-state index contributed by atoms with van der Waals surface area (Å²) >= 11 is 0. The summed E-state index contributed by atoms with van der Waals surface area (Å²) in [5.74, 6) is 0. The zero-order valence-corrected chi connectivity index (χ0v) is 21.3. The molecule has 0 aliphatic carbocycles. The quantitative estimate of drug-likeness (QED) is 0.143. The fourth-order valence-electron chi connectivity index (χ4n) is 2.03. The van der Waals surface area contributed by atoms with Crippen molar-refractivity contribution < 1.29 is 17.1 Å². The summed E-state index contributed by atoms with van der Waals surface area (Å²) in [7, 11) is 0. The van der Waals surface area contributed by atoms with E-state index in [4.69, 9.17) is 0 Å². The fraction of sp³-hybridized carbons (Fsp3) is 0. The largest absolute Gasteiger partial charge is 6.00 e. The molecular weight excluding hydrogens is 476 g/mol. The Kier molecular flexibility index (Phi) is 25.8. The Labute approximate surface area is 228 Å². The van der Waals surface area contributed by atoms with E-state index in [0.717, 1.165) is 0 Å². The minimum absolute atomic E-state index is 0. The third-order valence-electron chi connectivity index (χ3n) is 3.59. The van der Waals surface area contributed by atoms with Crippen LogP contribution in [0.2, 0.25) is 0 Å². The van der Waals surface area contributed by atoms with Crippen molar-refractivity contribution in [3.63, 3.8) is 0 Å². The first-order chi connectivity index (χ1) is 17.5. The standard InChI is InChI=1S/5C6H5.C5H5.Fe/c5*1-2-4-6-5-3-1;1-2-4-5-3-1;/h5*1-5H;1-5H;/q6*-1;+6. The van der Waals surface area contributed by atoms with Crippen molar-refractivity contribution in [2.24, 2.45) is 0 Å². The molecule has 6 aromatic rings. The smallest absolute Gasteiger partial charge is 0.214 e. The van der Waals surface area contributed by atoms with E-state index in [1.165, 1.54) is 0 Å². The molecule has 0 atom stereocenters. The molecule has 0 saturated carbocycles. The van der Waals surface area contributed by atoms with E-state index in [1.807, 2.05) is 182 Å². The van der Waals surface area contributed by atoms with Crippen LogP contribution in [-0.4, -0.2) is 0 Å². The summed E-state index contributed by atoms with van der Waals surface area (Å²) in [6.07, 6.45) is 0. The second-order valence-corrected chi connectivity index (χ2v) is 6.35. The van der Waals surface area contributed by atoms with Crippen molar-refractivity contribution in [3.05, 3.63) is 212 Å². The van der Waals surface area contributed by atoms with E-state index in [0.29, 0.717) is 0 Å². The maximum atomic E-state index is 2.89. The first-order valence-corrected chi connectivity index (χ1v) is 11.2. The van der Waals surface area contributed by atoms with Gasteiger partial charge in [-0.3, -0.25) is 0 Å². The monoisotopic (exact) mass is 506 g/mol. The van der Waals surface area contributed by atoms with Gasteiger partial charge >= 0.3 is 17.1 Å². The van der Waals surface area contributed by atoms with Gasteiger partial charge in [0.05, 0.1) is 0 Å². The maximum Gasteiger partial charge on any atom is 6.00 e. The number of hydrogen-bond donors (Lipinski definition) is 0. The molecule has 0 amide bonds. The van der Waals surface area contributed by atoms with Gasteiger partial charge in [-0.05, 0) is 0 Å². The molecule has 0 N–H and O–H groups in total. The van der Waals surface area contributed by atoms with Crippen LogP contribution in [-0.2, 0) is 17.1 Å². The van der Waals surface area contributed by atoms with Gasteiger partial charge in [0, 0.05) is 0 Å². The average Bonchev–Trinajstić information content (AvgIpc) is 3.60. The van der Waals surface area contributed by atoms with Gasteiger partial charge in [-0.15, -0.1) is 0 Å². The first kappa shape index (κ1) is 32.0. The summed E-state index contributed by atoms with van der Waals surface area (Å²) in [4.78, 5) is 0. The van der Waals surface area contributed by atoms with Crippen LogP contribution in [0.3, 0.4) is 0 Å². The summed E-state index contributed by atoms with van der Waals surface area (Å²) in [5.41, 5.74) is 0. The van der Waals surface area contributed by atoms with Crippen molar-refractivity contribution in [3.8, 4) is 0 Å². The van der Waals surface area contributed by atoms with E-state index < -0.39 is 0 Å². The van der Waals surface area contributed by atoms with Gasteiger partial charge in [-0.2, -0.15) is 200 Å². The molecular formula is C35H30Fe. The van der Waals surface area contributed by atoms with Crippen LogP contribution < -0.4 is 0 Å². The summed E-state index contributed by atoms with van der Waals surface area (Å²) < 4.78 is 0. The minimum atomic E-state index is 0. The van der Waals surface area contributed by atoms with Gasteiger partial charge in [0.25, 0.3) is 0 Å². The van der Waals surface area contributed by atoms with Crippen LogP contribution in [0.15, 0.2) is 182 Å². The van der Waals surface area contributed by atoms with Gasteiger partial charge in [-0.25, -0.2) is 12.1 Å². The van der Waals surface area contributed by atoms with Gasteiger partial charge in [-0.1, -0.05) is 0 Å². The van der Waals surface area contributed by atoms with Crippen LogP contribution in [0.25, 0.3) is 0 Å². The molecule has 0 aromatic heterocycles. The normalized spacial score (nSPS) is 7.78. The van der Waals surface area contributed by atoms with Crippen LogP contribution >= 0.6 is 0 Å². The van der Waals surface area contributed by atoms with Crippen LogP contribution in [0.4, 0.5) is 0 Å².